The minimum absolute atomic E-state index is 0.0778. The second kappa shape index (κ2) is 7.22. The summed E-state index contributed by atoms with van der Waals surface area (Å²) in [5.74, 6) is -1.52. The summed E-state index contributed by atoms with van der Waals surface area (Å²) in [6.07, 6.45) is 0.291. The van der Waals surface area contributed by atoms with Gasteiger partial charge in [0.05, 0.1) is 4.90 Å². The Balaban J connectivity index is 2.19. The molecule has 0 saturated heterocycles. The summed E-state index contributed by atoms with van der Waals surface area (Å²) in [7, 11) is -3.69. The molecule has 1 aliphatic rings. The van der Waals surface area contributed by atoms with Crippen molar-refractivity contribution in [3.05, 3.63) is 29.8 Å². The van der Waals surface area contributed by atoms with Crippen molar-refractivity contribution in [1.29, 1.82) is 0 Å². The van der Waals surface area contributed by atoms with Crippen LogP contribution >= 0.6 is 0 Å². The summed E-state index contributed by atoms with van der Waals surface area (Å²) in [4.78, 5) is 27.7. The van der Waals surface area contributed by atoms with E-state index in [1.165, 1.54) is 13.0 Å². The highest BCUT2D eigenvalue weighted by Crippen LogP contribution is 2.22. The van der Waals surface area contributed by atoms with Gasteiger partial charge in [0.25, 0.3) is 10.0 Å². The normalized spacial score (nSPS) is 19.1. The van der Waals surface area contributed by atoms with Crippen molar-refractivity contribution in [2.45, 2.75) is 44.2 Å². The van der Waals surface area contributed by atoms with Gasteiger partial charge in [-0.05, 0) is 31.4 Å². The van der Waals surface area contributed by atoms with Gasteiger partial charge in [-0.3, -0.25) is 14.5 Å². The molecule has 0 radical (unpaired) electrons. The summed E-state index contributed by atoms with van der Waals surface area (Å²) >= 11 is 0. The maximum Gasteiger partial charge on any atom is 0.326 e. The highest BCUT2D eigenvalue weighted by molar-refractivity contribution is 7.90. The maximum absolute atomic E-state index is 12.2. The first-order valence-corrected chi connectivity index (χ1v) is 9.33. The number of carboxylic acid groups (broad SMARTS) is 1. The summed E-state index contributed by atoms with van der Waals surface area (Å²) in [6, 6.07) is 4.36. The number of hydrogen-bond donors (Lipinski definition) is 3. The number of hydrogen-bond acceptors (Lipinski definition) is 5. The van der Waals surface area contributed by atoms with E-state index < -0.39 is 34.0 Å². The number of carboxylic acids is 1. The van der Waals surface area contributed by atoms with E-state index in [0.717, 1.165) is 0 Å². The van der Waals surface area contributed by atoms with E-state index in [9.17, 15) is 23.1 Å². The van der Waals surface area contributed by atoms with Gasteiger partial charge in [-0.25, -0.2) is 13.2 Å². The van der Waals surface area contributed by atoms with Crippen LogP contribution in [0.2, 0.25) is 0 Å². The Morgan fingerprint density at radius 1 is 1.24 bits per heavy atom. The molecule has 0 fully saturated rings. The molecular formula is C16H21N3O5S. The van der Waals surface area contributed by atoms with Crippen LogP contribution in [0.25, 0.3) is 0 Å². The Morgan fingerprint density at radius 2 is 1.88 bits per heavy atom. The molecule has 9 heteroatoms. The number of nitrogens with one attached hydrogen (secondary N) is 2. The molecule has 0 saturated carbocycles. The van der Waals surface area contributed by atoms with Crippen LogP contribution in [0.3, 0.4) is 0 Å². The fourth-order valence-electron chi connectivity index (χ4n) is 2.47. The molecule has 25 heavy (non-hydrogen) atoms. The van der Waals surface area contributed by atoms with Crippen LogP contribution in [0.4, 0.5) is 0 Å². The van der Waals surface area contributed by atoms with Crippen LogP contribution in [-0.4, -0.2) is 43.3 Å². The van der Waals surface area contributed by atoms with Crippen LogP contribution in [0.5, 0.6) is 0 Å². The lowest BCUT2D eigenvalue weighted by Crippen LogP contribution is -2.45. The fourth-order valence-corrected chi connectivity index (χ4v) is 3.71. The molecule has 2 unspecified atom stereocenters. The van der Waals surface area contributed by atoms with Gasteiger partial charge in [-0.15, -0.1) is 0 Å². The van der Waals surface area contributed by atoms with Crippen LogP contribution in [0.15, 0.2) is 34.2 Å². The van der Waals surface area contributed by atoms with Gasteiger partial charge < -0.3 is 10.4 Å². The van der Waals surface area contributed by atoms with Gasteiger partial charge in [-0.1, -0.05) is 26.0 Å². The molecule has 0 bridgehead atoms. The average Bonchev–Trinajstić information content (AvgIpc) is 2.77. The lowest BCUT2D eigenvalue weighted by molar-refractivity contribution is -0.142. The van der Waals surface area contributed by atoms with Crippen molar-refractivity contribution >= 4 is 27.7 Å². The number of sulfonamides is 1. The van der Waals surface area contributed by atoms with Gasteiger partial charge in [0.1, 0.15) is 17.9 Å². The fraction of sp³-hybridized carbons (Fsp3) is 0.438. The van der Waals surface area contributed by atoms with Crippen LogP contribution < -0.4 is 10.0 Å². The van der Waals surface area contributed by atoms with E-state index in [-0.39, 0.29) is 16.6 Å². The third-order valence-electron chi connectivity index (χ3n) is 3.69. The molecule has 2 rings (SSSR count). The van der Waals surface area contributed by atoms with Crippen molar-refractivity contribution in [3.8, 4) is 0 Å². The summed E-state index contributed by atoms with van der Waals surface area (Å²) in [5.41, 5.74) is 0.388. The molecule has 0 aliphatic carbocycles. The number of carbonyl (C=O) groups is 2. The molecule has 1 aromatic rings. The molecule has 0 aromatic heterocycles. The minimum atomic E-state index is -3.69. The zero-order chi connectivity index (χ0) is 18.8. The molecule has 1 aliphatic heterocycles. The Morgan fingerprint density at radius 3 is 2.48 bits per heavy atom. The zero-order valence-corrected chi connectivity index (χ0v) is 15.0. The number of carbonyl (C=O) groups excluding carboxylic acids is 1. The van der Waals surface area contributed by atoms with Crippen molar-refractivity contribution < 1.29 is 23.1 Å². The van der Waals surface area contributed by atoms with E-state index in [1.54, 1.807) is 18.2 Å². The summed E-state index contributed by atoms with van der Waals surface area (Å²) in [6.45, 7) is 5.19. The van der Waals surface area contributed by atoms with E-state index >= 15 is 0 Å². The largest absolute Gasteiger partial charge is 0.480 e. The average molecular weight is 367 g/mol. The molecule has 0 spiro atoms. The third kappa shape index (κ3) is 4.36. The second-order valence-electron chi connectivity index (χ2n) is 6.28. The van der Waals surface area contributed by atoms with Crippen molar-refractivity contribution in [3.63, 3.8) is 0 Å². The predicted octanol–water partition coefficient (Wildman–Crippen LogP) is 0.729. The predicted molar refractivity (Wildman–Crippen MR) is 91.8 cm³/mol. The van der Waals surface area contributed by atoms with E-state index in [1.807, 2.05) is 13.8 Å². The SMILES string of the molecule is CC(C)CC(NC(=O)C(C)N=C1NS(=O)(=O)c2ccccc21)C(=O)O. The molecule has 1 aromatic carbocycles. The molecule has 8 nitrogen and oxygen atoms in total. The van der Waals surface area contributed by atoms with E-state index in [0.29, 0.717) is 12.0 Å². The maximum atomic E-state index is 12.2. The molecular weight excluding hydrogens is 346 g/mol. The number of nitrogens with zero attached hydrogens (tertiary/aromatic N) is 1. The number of amidine groups is 1. The molecule has 2 atom stereocenters. The third-order valence-corrected chi connectivity index (χ3v) is 5.08. The topological polar surface area (TPSA) is 125 Å². The summed E-state index contributed by atoms with van der Waals surface area (Å²) < 4.78 is 26.4. The first-order chi connectivity index (χ1) is 11.6. The quantitative estimate of drug-likeness (QED) is 0.683. The Bertz CT molecular complexity index is 817. The van der Waals surface area contributed by atoms with E-state index in [4.69, 9.17) is 0 Å². The number of aliphatic imine (C=N–C) groups is 1. The lowest BCUT2D eigenvalue weighted by Gasteiger charge is -2.18. The molecule has 136 valence electrons. The highest BCUT2D eigenvalue weighted by Gasteiger charge is 2.31. The number of rotatable bonds is 6. The van der Waals surface area contributed by atoms with Gasteiger partial charge >= 0.3 is 5.97 Å². The molecule has 3 N–H and O–H groups in total. The van der Waals surface area contributed by atoms with Gasteiger partial charge in [0.2, 0.25) is 5.91 Å². The lowest BCUT2D eigenvalue weighted by atomic mass is 10.0. The van der Waals surface area contributed by atoms with Gasteiger partial charge in [0, 0.05) is 5.56 Å². The standard InChI is InChI=1S/C16H21N3O5S/c1-9(2)8-12(16(21)22)18-15(20)10(3)17-14-11-6-4-5-7-13(11)25(23,24)19-14/h4-7,9-10,12H,8H2,1-3H3,(H,17,19)(H,18,20)(H,21,22). The van der Waals surface area contributed by atoms with Crippen LogP contribution in [0.1, 0.15) is 32.8 Å². The summed E-state index contributed by atoms with van der Waals surface area (Å²) in [5, 5.41) is 11.6. The Hall–Kier alpha value is -2.42. The van der Waals surface area contributed by atoms with Gasteiger partial charge in [0.15, 0.2) is 0 Å². The minimum Gasteiger partial charge on any atom is -0.480 e. The number of benzene rings is 1. The van der Waals surface area contributed by atoms with Crippen molar-refractivity contribution in [2.75, 3.05) is 0 Å². The zero-order valence-electron chi connectivity index (χ0n) is 14.2. The highest BCUT2D eigenvalue weighted by atomic mass is 32.2. The Labute approximate surface area is 146 Å². The van der Waals surface area contributed by atoms with Gasteiger partial charge in [-0.2, -0.15) is 0 Å². The monoisotopic (exact) mass is 367 g/mol. The van der Waals surface area contributed by atoms with E-state index in [2.05, 4.69) is 15.0 Å². The first kappa shape index (κ1) is 18.9. The first-order valence-electron chi connectivity index (χ1n) is 7.85. The second-order valence-corrected chi connectivity index (χ2v) is 7.94. The number of fused-ring (bicyclic) bond motifs is 1. The Kier molecular flexibility index (Phi) is 5.46. The van der Waals surface area contributed by atoms with Crippen LogP contribution in [-0.2, 0) is 19.6 Å². The molecule has 1 heterocycles. The molecule has 1 amide bonds. The number of aliphatic carboxylic acids is 1. The van der Waals surface area contributed by atoms with Crippen molar-refractivity contribution in [2.24, 2.45) is 10.9 Å². The van der Waals surface area contributed by atoms with Crippen LogP contribution in [0, 0.1) is 5.92 Å². The number of amides is 1. The van der Waals surface area contributed by atoms with Crippen molar-refractivity contribution in [1.82, 2.24) is 10.0 Å². The smallest absolute Gasteiger partial charge is 0.326 e.